The molecule has 2 saturated heterocycles. The van der Waals surface area contributed by atoms with Crippen molar-refractivity contribution in [1.82, 2.24) is 15.2 Å². The van der Waals surface area contributed by atoms with Crippen molar-refractivity contribution in [1.29, 1.82) is 0 Å². The Balaban J connectivity index is 1.44. The average Bonchev–Trinajstić information content (AvgIpc) is 2.74. The van der Waals surface area contributed by atoms with Crippen LogP contribution in [0, 0.1) is 0 Å². The van der Waals surface area contributed by atoms with Crippen molar-refractivity contribution in [3.63, 3.8) is 0 Å². The molecule has 6 nitrogen and oxygen atoms in total. The molecule has 2 aliphatic rings. The summed E-state index contributed by atoms with van der Waals surface area (Å²) >= 11 is 1.67. The smallest absolute Gasteiger partial charge is 0.270 e. The highest BCUT2D eigenvalue weighted by molar-refractivity contribution is 7.98. The van der Waals surface area contributed by atoms with Gasteiger partial charge in [0.2, 0.25) is 5.91 Å². The van der Waals surface area contributed by atoms with E-state index < -0.39 is 6.04 Å². The summed E-state index contributed by atoms with van der Waals surface area (Å²) in [4.78, 5) is 32.3. The highest BCUT2D eigenvalue weighted by Crippen LogP contribution is 2.36. The van der Waals surface area contributed by atoms with Crippen molar-refractivity contribution in [2.75, 3.05) is 31.7 Å². The van der Waals surface area contributed by atoms with Gasteiger partial charge >= 0.3 is 0 Å². The maximum absolute atomic E-state index is 13.1. The van der Waals surface area contributed by atoms with Gasteiger partial charge in [0.1, 0.15) is 11.7 Å². The topological polar surface area (TPSA) is 71.5 Å². The molecule has 4 rings (SSSR count). The second-order valence-corrected chi connectivity index (χ2v) is 8.79. The van der Waals surface area contributed by atoms with Crippen molar-refractivity contribution in [2.45, 2.75) is 37.3 Å². The van der Waals surface area contributed by atoms with Crippen LogP contribution >= 0.6 is 11.8 Å². The van der Waals surface area contributed by atoms with Crippen LogP contribution in [0.2, 0.25) is 0 Å². The third kappa shape index (κ3) is 4.41. The molecule has 1 N–H and O–H groups in total. The number of thioether (sulfide) groups is 1. The van der Waals surface area contributed by atoms with E-state index in [4.69, 9.17) is 4.74 Å². The molecule has 1 spiro atoms. The second-order valence-electron chi connectivity index (χ2n) is 7.80. The number of ether oxygens (including phenoxy) is 1. The third-order valence-electron chi connectivity index (χ3n) is 6.00. The molecular formula is C22H27N3O3S. The number of piperidine rings is 1. The first-order valence-corrected chi connectivity index (χ1v) is 11.6. The van der Waals surface area contributed by atoms with E-state index in [1.165, 1.54) is 0 Å². The lowest BCUT2D eigenvalue weighted by atomic mass is 9.84. The Bertz CT molecular complexity index is 890. The van der Waals surface area contributed by atoms with Gasteiger partial charge in [0.15, 0.2) is 0 Å². The van der Waals surface area contributed by atoms with Crippen LogP contribution in [0.15, 0.2) is 36.4 Å². The van der Waals surface area contributed by atoms with E-state index in [0.29, 0.717) is 25.2 Å². The number of benzene rings is 1. The van der Waals surface area contributed by atoms with Gasteiger partial charge in [-0.25, -0.2) is 4.98 Å². The number of hydrogen-bond acceptors (Lipinski definition) is 5. The highest BCUT2D eigenvalue weighted by atomic mass is 32.2. The molecule has 2 amide bonds. The van der Waals surface area contributed by atoms with Crippen LogP contribution in [0.4, 0.5) is 0 Å². The Labute approximate surface area is 175 Å². The van der Waals surface area contributed by atoms with E-state index in [-0.39, 0.29) is 17.4 Å². The lowest BCUT2D eigenvalue weighted by Gasteiger charge is -2.48. The Kier molecular flexibility index (Phi) is 6.06. The Hall–Kier alpha value is -2.12. The van der Waals surface area contributed by atoms with Gasteiger partial charge in [-0.1, -0.05) is 24.3 Å². The molecule has 3 heterocycles. The number of rotatable bonds is 6. The number of amides is 2. The summed E-state index contributed by atoms with van der Waals surface area (Å²) < 4.78 is 5.75. The quantitative estimate of drug-likeness (QED) is 0.789. The van der Waals surface area contributed by atoms with Crippen LogP contribution in [-0.4, -0.2) is 65.0 Å². The molecule has 0 bridgehead atoms. The Morgan fingerprint density at radius 1 is 1.21 bits per heavy atom. The largest absolute Gasteiger partial charge is 0.375 e. The van der Waals surface area contributed by atoms with Gasteiger partial charge in [-0.3, -0.25) is 9.59 Å². The molecule has 2 fully saturated rings. The van der Waals surface area contributed by atoms with Crippen LogP contribution in [0.3, 0.4) is 0 Å². The summed E-state index contributed by atoms with van der Waals surface area (Å²) in [5.41, 5.74) is 1.11. The summed E-state index contributed by atoms with van der Waals surface area (Å²) in [6, 6.07) is 10.8. The van der Waals surface area contributed by atoms with Gasteiger partial charge in [0, 0.05) is 18.5 Å². The molecular weight excluding hydrogens is 386 g/mol. The summed E-state index contributed by atoms with van der Waals surface area (Å²) in [6.45, 7) is 2.22. The van der Waals surface area contributed by atoms with Crippen molar-refractivity contribution in [2.24, 2.45) is 0 Å². The van der Waals surface area contributed by atoms with Crippen LogP contribution in [0.5, 0.6) is 0 Å². The summed E-state index contributed by atoms with van der Waals surface area (Å²) in [6.07, 6.45) is 5.47. The molecule has 0 saturated carbocycles. The van der Waals surface area contributed by atoms with Crippen molar-refractivity contribution >= 4 is 34.5 Å². The molecule has 154 valence electrons. The third-order valence-corrected chi connectivity index (χ3v) is 6.64. The van der Waals surface area contributed by atoms with E-state index >= 15 is 0 Å². The molecule has 2 aliphatic heterocycles. The van der Waals surface area contributed by atoms with Gasteiger partial charge in [-0.15, -0.1) is 0 Å². The monoisotopic (exact) mass is 413 g/mol. The van der Waals surface area contributed by atoms with E-state index in [2.05, 4.69) is 10.3 Å². The maximum atomic E-state index is 13.1. The molecule has 1 atom stereocenters. The minimum atomic E-state index is -0.528. The zero-order chi connectivity index (χ0) is 20.3. The molecule has 1 aromatic heterocycles. The first-order chi connectivity index (χ1) is 14.1. The summed E-state index contributed by atoms with van der Waals surface area (Å²) in [5, 5.41) is 3.93. The lowest BCUT2D eigenvalue weighted by molar-refractivity contribution is -0.176. The zero-order valence-electron chi connectivity index (χ0n) is 16.7. The predicted molar refractivity (Wildman–Crippen MR) is 115 cm³/mol. The van der Waals surface area contributed by atoms with Crippen molar-refractivity contribution < 1.29 is 14.3 Å². The summed E-state index contributed by atoms with van der Waals surface area (Å²) in [5.74, 6) is 0.510. The number of nitrogens with zero attached hydrogens (tertiary/aromatic N) is 2. The van der Waals surface area contributed by atoms with Crippen LogP contribution in [0.1, 0.15) is 36.2 Å². The molecule has 7 heteroatoms. The number of aromatic nitrogens is 1. The minimum absolute atomic E-state index is 0.00219. The number of pyridine rings is 1. The molecule has 0 radical (unpaired) electrons. The molecule has 29 heavy (non-hydrogen) atoms. The van der Waals surface area contributed by atoms with Crippen LogP contribution < -0.4 is 5.32 Å². The van der Waals surface area contributed by atoms with E-state index in [9.17, 15) is 9.59 Å². The normalized spacial score (nSPS) is 19.0. The van der Waals surface area contributed by atoms with Gasteiger partial charge in [0.05, 0.1) is 17.7 Å². The number of likely N-dealkylation sites (tertiary alicyclic amines) is 1. The number of carbonyl (C=O) groups is 2. The molecule has 0 aliphatic carbocycles. The van der Waals surface area contributed by atoms with Gasteiger partial charge in [-0.2, -0.15) is 11.8 Å². The van der Waals surface area contributed by atoms with E-state index in [1.807, 2.05) is 41.5 Å². The molecule has 1 aromatic carbocycles. The summed E-state index contributed by atoms with van der Waals surface area (Å²) in [7, 11) is 0. The fourth-order valence-electron chi connectivity index (χ4n) is 4.06. The number of carbonyl (C=O) groups excluding carboxylic acids is 2. The number of para-hydroxylation sites is 1. The second kappa shape index (κ2) is 8.71. The van der Waals surface area contributed by atoms with Crippen molar-refractivity contribution in [3.05, 3.63) is 42.1 Å². The van der Waals surface area contributed by atoms with Gasteiger partial charge in [0.25, 0.3) is 5.91 Å². The number of nitrogens with one attached hydrogen (secondary N) is 1. The van der Waals surface area contributed by atoms with E-state index in [1.54, 1.807) is 17.8 Å². The Morgan fingerprint density at radius 3 is 2.66 bits per heavy atom. The predicted octanol–water partition coefficient (Wildman–Crippen LogP) is 2.87. The SMILES string of the molecule is CSCCC(NC(=O)c1ccc2ccccc2n1)C(=O)N1CCC2(CCO2)CC1. The maximum Gasteiger partial charge on any atom is 0.270 e. The standard InChI is InChI=1S/C22H27N3O3S/c1-29-15-8-19(21(27)25-12-9-22(10-13-25)11-14-28-22)24-20(26)18-7-6-16-4-2-3-5-17(16)23-18/h2-7,19H,8-15H2,1H3,(H,24,26). The fraction of sp³-hybridized carbons (Fsp3) is 0.500. The van der Waals surface area contributed by atoms with Gasteiger partial charge < -0.3 is 15.0 Å². The minimum Gasteiger partial charge on any atom is -0.375 e. The number of fused-ring (bicyclic) bond motifs is 1. The zero-order valence-corrected chi connectivity index (χ0v) is 17.5. The van der Waals surface area contributed by atoms with Crippen molar-refractivity contribution in [3.8, 4) is 0 Å². The number of hydrogen-bond donors (Lipinski definition) is 1. The highest BCUT2D eigenvalue weighted by Gasteiger charge is 2.42. The van der Waals surface area contributed by atoms with Crippen LogP contribution in [-0.2, 0) is 9.53 Å². The first-order valence-electron chi connectivity index (χ1n) is 10.2. The van der Waals surface area contributed by atoms with E-state index in [0.717, 1.165) is 42.5 Å². The first kappa shape index (κ1) is 20.2. The Morgan fingerprint density at radius 2 is 1.97 bits per heavy atom. The molecule has 1 unspecified atom stereocenters. The molecule has 2 aromatic rings. The average molecular weight is 414 g/mol. The van der Waals surface area contributed by atoms with Gasteiger partial charge in [-0.05, 0) is 49.8 Å². The fourth-order valence-corrected chi connectivity index (χ4v) is 4.53. The lowest BCUT2D eigenvalue weighted by Crippen LogP contribution is -2.57. The van der Waals surface area contributed by atoms with Crippen LogP contribution in [0.25, 0.3) is 10.9 Å².